The van der Waals surface area contributed by atoms with Gasteiger partial charge < -0.3 is 0 Å². The van der Waals surface area contributed by atoms with E-state index in [0.717, 1.165) is 18.3 Å². The molecule has 13 heavy (non-hydrogen) atoms. The predicted octanol–water partition coefficient (Wildman–Crippen LogP) is 3.68. The molecule has 1 aliphatic heterocycles. The molecule has 74 valence electrons. The van der Waals surface area contributed by atoms with Gasteiger partial charge in [0.25, 0.3) is 0 Å². The molecule has 0 saturated carbocycles. The zero-order chi connectivity index (χ0) is 9.90. The van der Waals surface area contributed by atoms with E-state index in [1.165, 1.54) is 11.5 Å². The highest BCUT2D eigenvalue weighted by Crippen LogP contribution is 2.45. The van der Waals surface area contributed by atoms with Gasteiger partial charge in [0.2, 0.25) is 0 Å². The van der Waals surface area contributed by atoms with E-state index in [9.17, 15) is 0 Å². The summed E-state index contributed by atoms with van der Waals surface area (Å²) in [4.78, 5) is 0. The molecule has 1 rings (SSSR count). The van der Waals surface area contributed by atoms with Crippen molar-refractivity contribution < 1.29 is 0 Å². The maximum atomic E-state index is 5.40. The number of hydrogen-bond donors (Lipinski definition) is 0. The standard InChI is InChI=1S/C11H18S2/c1-5-6-9-7-12-13-8-10(9)11(2,3)4/h1,9-10H,6-8H2,2-4H3. The molecule has 1 fully saturated rings. The van der Waals surface area contributed by atoms with Gasteiger partial charge in [-0.25, -0.2) is 0 Å². The molecule has 1 saturated heterocycles. The fourth-order valence-corrected chi connectivity index (χ4v) is 5.00. The average Bonchev–Trinajstić information content (AvgIpc) is 2.04. The van der Waals surface area contributed by atoms with E-state index in [1.54, 1.807) is 0 Å². The molecule has 0 aromatic rings. The van der Waals surface area contributed by atoms with Crippen molar-refractivity contribution in [2.75, 3.05) is 11.5 Å². The van der Waals surface area contributed by atoms with E-state index < -0.39 is 0 Å². The molecule has 1 heterocycles. The fraction of sp³-hybridized carbons (Fsp3) is 0.818. The van der Waals surface area contributed by atoms with Gasteiger partial charge in [-0.2, -0.15) is 0 Å². The van der Waals surface area contributed by atoms with Crippen LogP contribution >= 0.6 is 21.6 Å². The lowest BCUT2D eigenvalue weighted by Crippen LogP contribution is -2.33. The Morgan fingerprint density at radius 3 is 2.46 bits per heavy atom. The van der Waals surface area contributed by atoms with Crippen LogP contribution in [0, 0.1) is 29.6 Å². The first-order chi connectivity index (χ1) is 6.05. The smallest absolute Gasteiger partial charge is 0.0126 e. The molecule has 1 aliphatic rings. The van der Waals surface area contributed by atoms with Crippen LogP contribution in [0.25, 0.3) is 0 Å². The molecule has 0 amide bonds. The second kappa shape index (κ2) is 4.66. The van der Waals surface area contributed by atoms with Gasteiger partial charge in [0.1, 0.15) is 0 Å². The Morgan fingerprint density at radius 2 is 1.92 bits per heavy atom. The van der Waals surface area contributed by atoms with Crippen molar-refractivity contribution in [3.05, 3.63) is 0 Å². The summed E-state index contributed by atoms with van der Waals surface area (Å²) in [6.45, 7) is 6.99. The fourth-order valence-electron chi connectivity index (χ4n) is 1.82. The predicted molar refractivity (Wildman–Crippen MR) is 64.8 cm³/mol. The summed E-state index contributed by atoms with van der Waals surface area (Å²) >= 11 is 0. The van der Waals surface area contributed by atoms with Gasteiger partial charge >= 0.3 is 0 Å². The highest BCUT2D eigenvalue weighted by Gasteiger charge is 2.34. The van der Waals surface area contributed by atoms with E-state index in [4.69, 9.17) is 6.42 Å². The summed E-state index contributed by atoms with van der Waals surface area (Å²) in [5.41, 5.74) is 0.412. The summed E-state index contributed by atoms with van der Waals surface area (Å²) in [7, 11) is 3.99. The van der Waals surface area contributed by atoms with E-state index in [-0.39, 0.29) is 0 Å². The summed E-state index contributed by atoms with van der Waals surface area (Å²) in [5, 5.41) is 0. The molecule has 0 nitrogen and oxygen atoms in total. The van der Waals surface area contributed by atoms with Crippen LogP contribution in [-0.4, -0.2) is 11.5 Å². The molecule has 2 heteroatoms. The van der Waals surface area contributed by atoms with Crippen LogP contribution in [0.2, 0.25) is 0 Å². The van der Waals surface area contributed by atoms with Gasteiger partial charge in [0.05, 0.1) is 0 Å². The third kappa shape index (κ3) is 3.14. The third-order valence-electron chi connectivity index (χ3n) is 2.67. The van der Waals surface area contributed by atoms with E-state index in [2.05, 4.69) is 26.7 Å². The van der Waals surface area contributed by atoms with Gasteiger partial charge in [-0.15, -0.1) is 12.3 Å². The molecule has 0 aromatic carbocycles. The normalized spacial score (nSPS) is 29.7. The van der Waals surface area contributed by atoms with Crippen molar-refractivity contribution in [2.24, 2.45) is 17.3 Å². The average molecular weight is 214 g/mol. The molecular weight excluding hydrogens is 196 g/mol. The first-order valence-electron chi connectivity index (χ1n) is 4.73. The largest absolute Gasteiger partial charge is 0.120 e. The van der Waals surface area contributed by atoms with Crippen molar-refractivity contribution in [3.63, 3.8) is 0 Å². The Labute approximate surface area is 90.0 Å². The van der Waals surface area contributed by atoms with Crippen LogP contribution in [0.3, 0.4) is 0 Å². The van der Waals surface area contributed by atoms with Gasteiger partial charge in [0, 0.05) is 17.9 Å². The summed E-state index contributed by atoms with van der Waals surface area (Å²) in [6, 6.07) is 0. The SMILES string of the molecule is C#CCC1CSSCC1C(C)(C)C. The van der Waals surface area contributed by atoms with E-state index in [0.29, 0.717) is 5.41 Å². The lowest BCUT2D eigenvalue weighted by atomic mass is 9.74. The zero-order valence-electron chi connectivity index (χ0n) is 8.67. The van der Waals surface area contributed by atoms with Crippen LogP contribution < -0.4 is 0 Å². The third-order valence-corrected chi connectivity index (χ3v) is 5.22. The first kappa shape index (κ1) is 11.3. The Bertz CT molecular complexity index is 197. The molecule has 0 aliphatic carbocycles. The second-order valence-electron chi connectivity index (χ2n) is 4.71. The van der Waals surface area contributed by atoms with Crippen molar-refractivity contribution in [3.8, 4) is 12.3 Å². The summed E-state index contributed by atoms with van der Waals surface area (Å²) < 4.78 is 0. The van der Waals surface area contributed by atoms with Crippen molar-refractivity contribution in [1.29, 1.82) is 0 Å². The monoisotopic (exact) mass is 214 g/mol. The maximum absolute atomic E-state index is 5.40. The lowest BCUT2D eigenvalue weighted by Gasteiger charge is -2.39. The minimum atomic E-state index is 0.412. The van der Waals surface area contributed by atoms with Crippen molar-refractivity contribution >= 4 is 21.6 Å². The van der Waals surface area contributed by atoms with Crippen LogP contribution in [0.4, 0.5) is 0 Å². The molecule has 0 bridgehead atoms. The molecule has 2 atom stereocenters. The molecule has 0 spiro atoms. The Kier molecular flexibility index (Phi) is 4.06. The van der Waals surface area contributed by atoms with Crippen LogP contribution in [0.15, 0.2) is 0 Å². The van der Waals surface area contributed by atoms with Gasteiger partial charge in [-0.05, 0) is 17.3 Å². The van der Waals surface area contributed by atoms with Crippen molar-refractivity contribution in [1.82, 2.24) is 0 Å². The van der Waals surface area contributed by atoms with Crippen LogP contribution in [-0.2, 0) is 0 Å². The minimum Gasteiger partial charge on any atom is -0.120 e. The van der Waals surface area contributed by atoms with Crippen molar-refractivity contribution in [2.45, 2.75) is 27.2 Å². The topological polar surface area (TPSA) is 0 Å². The molecule has 0 aromatic heterocycles. The number of rotatable bonds is 1. The number of hydrogen-bond acceptors (Lipinski definition) is 2. The van der Waals surface area contributed by atoms with Gasteiger partial charge in [-0.1, -0.05) is 42.4 Å². The van der Waals surface area contributed by atoms with E-state index >= 15 is 0 Å². The molecule has 0 radical (unpaired) electrons. The van der Waals surface area contributed by atoms with Crippen LogP contribution in [0.1, 0.15) is 27.2 Å². The lowest BCUT2D eigenvalue weighted by molar-refractivity contribution is 0.197. The highest BCUT2D eigenvalue weighted by molar-refractivity contribution is 8.76. The molecule has 2 unspecified atom stereocenters. The Balaban J connectivity index is 2.63. The summed E-state index contributed by atoms with van der Waals surface area (Å²) in [6.07, 6.45) is 6.35. The molecule has 0 N–H and O–H groups in total. The maximum Gasteiger partial charge on any atom is 0.0126 e. The Morgan fingerprint density at radius 1 is 1.31 bits per heavy atom. The highest BCUT2D eigenvalue weighted by atomic mass is 33.1. The van der Waals surface area contributed by atoms with Gasteiger partial charge in [-0.3, -0.25) is 0 Å². The first-order valence-corrected chi connectivity index (χ1v) is 7.22. The van der Waals surface area contributed by atoms with Gasteiger partial charge in [0.15, 0.2) is 0 Å². The quantitative estimate of drug-likeness (QED) is 0.482. The number of terminal acetylenes is 1. The zero-order valence-corrected chi connectivity index (χ0v) is 10.3. The Hall–Kier alpha value is 0.260. The van der Waals surface area contributed by atoms with E-state index in [1.807, 2.05) is 21.6 Å². The second-order valence-corrected chi connectivity index (χ2v) is 7.26. The minimum absolute atomic E-state index is 0.412. The summed E-state index contributed by atoms with van der Waals surface area (Å²) in [5.74, 6) is 6.83. The van der Waals surface area contributed by atoms with Crippen LogP contribution in [0.5, 0.6) is 0 Å². The molecular formula is C11H18S2.